The van der Waals surface area contributed by atoms with Crippen molar-refractivity contribution in [3.63, 3.8) is 0 Å². The summed E-state index contributed by atoms with van der Waals surface area (Å²) in [5, 5.41) is 7.06. The molecule has 0 aliphatic rings. The number of hydrogen-bond donors (Lipinski definition) is 3. The highest BCUT2D eigenvalue weighted by molar-refractivity contribution is 6.34. The predicted octanol–water partition coefficient (Wildman–Crippen LogP) is 1.31. The molecule has 2 rings (SSSR count). The standard InChI is InChI=1S/C11H13ClN6O/c1-6-5-9(18(2)17-6)15-11(19)10-7(12)3-4-8(14-10)16-13/h3-5H,13H2,1-2H3,(H,14,16)(H,15,19). The maximum atomic E-state index is 12.1. The molecule has 0 bridgehead atoms. The number of hydrazine groups is 1. The van der Waals surface area contributed by atoms with Gasteiger partial charge < -0.3 is 10.7 Å². The van der Waals surface area contributed by atoms with Crippen molar-refractivity contribution in [2.75, 3.05) is 10.7 Å². The monoisotopic (exact) mass is 280 g/mol. The molecule has 0 aliphatic heterocycles. The third-order valence-corrected chi connectivity index (χ3v) is 2.76. The number of aromatic nitrogens is 3. The van der Waals surface area contributed by atoms with Gasteiger partial charge in [-0.1, -0.05) is 11.6 Å². The highest BCUT2D eigenvalue weighted by Gasteiger charge is 2.15. The van der Waals surface area contributed by atoms with Crippen LogP contribution in [0.4, 0.5) is 11.6 Å². The molecule has 4 N–H and O–H groups in total. The van der Waals surface area contributed by atoms with Crippen molar-refractivity contribution < 1.29 is 4.79 Å². The summed E-state index contributed by atoms with van der Waals surface area (Å²) in [6, 6.07) is 4.87. The van der Waals surface area contributed by atoms with Crippen LogP contribution in [-0.4, -0.2) is 20.7 Å². The summed E-state index contributed by atoms with van der Waals surface area (Å²) in [6.45, 7) is 1.83. The van der Waals surface area contributed by atoms with Gasteiger partial charge in [-0.25, -0.2) is 10.8 Å². The first-order chi connectivity index (χ1) is 9.01. The number of nitrogen functional groups attached to an aromatic ring is 1. The second kappa shape index (κ2) is 5.25. The molecular formula is C11H13ClN6O. The number of carbonyl (C=O) groups excluding carboxylic acids is 1. The predicted molar refractivity (Wildman–Crippen MR) is 73.0 cm³/mol. The van der Waals surface area contributed by atoms with Gasteiger partial charge in [0.05, 0.1) is 10.7 Å². The van der Waals surface area contributed by atoms with Crippen LogP contribution < -0.4 is 16.6 Å². The van der Waals surface area contributed by atoms with Crippen LogP contribution >= 0.6 is 11.6 Å². The van der Waals surface area contributed by atoms with E-state index in [2.05, 4.69) is 20.8 Å². The summed E-state index contributed by atoms with van der Waals surface area (Å²) in [6.07, 6.45) is 0. The minimum atomic E-state index is -0.426. The number of halogens is 1. The van der Waals surface area contributed by atoms with Gasteiger partial charge in [0.2, 0.25) is 0 Å². The lowest BCUT2D eigenvalue weighted by atomic mass is 10.3. The topological polar surface area (TPSA) is 97.9 Å². The molecule has 2 aromatic rings. The van der Waals surface area contributed by atoms with Gasteiger partial charge in [0.15, 0.2) is 0 Å². The van der Waals surface area contributed by atoms with Gasteiger partial charge in [0.25, 0.3) is 5.91 Å². The van der Waals surface area contributed by atoms with E-state index in [1.165, 1.54) is 0 Å². The molecule has 2 aromatic heterocycles. The van der Waals surface area contributed by atoms with Crippen LogP contribution in [0.25, 0.3) is 0 Å². The van der Waals surface area contributed by atoms with E-state index in [4.69, 9.17) is 17.4 Å². The molecule has 1 amide bonds. The molecule has 0 fully saturated rings. The largest absolute Gasteiger partial charge is 0.308 e. The van der Waals surface area contributed by atoms with Gasteiger partial charge in [-0.05, 0) is 19.1 Å². The number of nitrogens with two attached hydrogens (primary N) is 1. The third-order valence-electron chi connectivity index (χ3n) is 2.45. The van der Waals surface area contributed by atoms with Crippen molar-refractivity contribution in [3.05, 3.63) is 34.6 Å². The molecule has 19 heavy (non-hydrogen) atoms. The maximum absolute atomic E-state index is 12.1. The smallest absolute Gasteiger partial charge is 0.277 e. The highest BCUT2D eigenvalue weighted by atomic mass is 35.5. The quantitative estimate of drug-likeness (QED) is 0.582. The summed E-state index contributed by atoms with van der Waals surface area (Å²) >= 11 is 5.94. The summed E-state index contributed by atoms with van der Waals surface area (Å²) < 4.78 is 1.56. The molecule has 2 heterocycles. The van der Waals surface area contributed by atoms with Gasteiger partial charge >= 0.3 is 0 Å². The first kappa shape index (κ1) is 13.3. The van der Waals surface area contributed by atoms with Crippen molar-refractivity contribution in [2.24, 2.45) is 12.9 Å². The zero-order valence-electron chi connectivity index (χ0n) is 10.4. The van der Waals surface area contributed by atoms with E-state index in [1.807, 2.05) is 6.92 Å². The third kappa shape index (κ3) is 2.83. The molecule has 7 nitrogen and oxygen atoms in total. The maximum Gasteiger partial charge on any atom is 0.277 e. The summed E-state index contributed by atoms with van der Waals surface area (Å²) in [7, 11) is 1.73. The molecule has 0 aliphatic carbocycles. The fourth-order valence-electron chi connectivity index (χ4n) is 1.58. The van der Waals surface area contributed by atoms with Gasteiger partial charge in [-0.3, -0.25) is 9.48 Å². The second-order valence-corrected chi connectivity index (χ2v) is 4.33. The number of carbonyl (C=O) groups is 1. The first-order valence-electron chi connectivity index (χ1n) is 5.46. The Morgan fingerprint density at radius 2 is 2.21 bits per heavy atom. The first-order valence-corrected chi connectivity index (χ1v) is 5.84. The fraction of sp³-hybridized carbons (Fsp3) is 0.182. The fourth-order valence-corrected chi connectivity index (χ4v) is 1.78. The molecule has 0 saturated heterocycles. The lowest BCUT2D eigenvalue weighted by molar-refractivity contribution is 0.102. The molecule has 8 heteroatoms. The Morgan fingerprint density at radius 3 is 2.79 bits per heavy atom. The van der Waals surface area contributed by atoms with Crippen molar-refractivity contribution in [2.45, 2.75) is 6.92 Å². The van der Waals surface area contributed by atoms with Crippen molar-refractivity contribution >= 4 is 29.1 Å². The summed E-state index contributed by atoms with van der Waals surface area (Å²) in [5.41, 5.74) is 3.26. The van der Waals surface area contributed by atoms with Gasteiger partial charge in [0.1, 0.15) is 17.3 Å². The minimum Gasteiger partial charge on any atom is -0.308 e. The number of amides is 1. The van der Waals surface area contributed by atoms with Crippen LogP contribution in [0.3, 0.4) is 0 Å². The van der Waals surface area contributed by atoms with Gasteiger partial charge in [-0.15, -0.1) is 0 Å². The van der Waals surface area contributed by atoms with Crippen LogP contribution in [0.5, 0.6) is 0 Å². The zero-order valence-corrected chi connectivity index (χ0v) is 11.2. The Kier molecular flexibility index (Phi) is 3.68. The normalized spacial score (nSPS) is 10.3. The van der Waals surface area contributed by atoms with Crippen LogP contribution in [0.2, 0.25) is 5.02 Å². The Morgan fingerprint density at radius 1 is 1.47 bits per heavy atom. The minimum absolute atomic E-state index is 0.0935. The van der Waals surface area contributed by atoms with E-state index in [0.29, 0.717) is 11.6 Å². The molecule has 0 saturated carbocycles. The number of aryl methyl sites for hydroxylation is 2. The summed E-state index contributed by atoms with van der Waals surface area (Å²) in [5.74, 6) is 5.74. The Balaban J connectivity index is 2.27. The molecule has 0 spiro atoms. The van der Waals surface area contributed by atoms with Crippen LogP contribution in [0.1, 0.15) is 16.2 Å². The van der Waals surface area contributed by atoms with Crippen LogP contribution in [0.15, 0.2) is 18.2 Å². The number of pyridine rings is 1. The molecule has 0 unspecified atom stereocenters. The SMILES string of the molecule is Cc1cc(NC(=O)c2nc(NN)ccc2Cl)n(C)n1. The zero-order chi connectivity index (χ0) is 14.0. The van der Waals surface area contributed by atoms with Gasteiger partial charge in [0, 0.05) is 13.1 Å². The van der Waals surface area contributed by atoms with E-state index in [0.717, 1.165) is 5.69 Å². The highest BCUT2D eigenvalue weighted by Crippen LogP contribution is 2.18. The van der Waals surface area contributed by atoms with Crippen molar-refractivity contribution in [1.82, 2.24) is 14.8 Å². The van der Waals surface area contributed by atoms with Crippen molar-refractivity contribution in [1.29, 1.82) is 0 Å². The van der Waals surface area contributed by atoms with E-state index in [-0.39, 0.29) is 10.7 Å². The Bertz CT molecular complexity index is 624. The summed E-state index contributed by atoms with van der Waals surface area (Å²) in [4.78, 5) is 16.1. The number of nitrogens with one attached hydrogen (secondary N) is 2. The van der Waals surface area contributed by atoms with Crippen LogP contribution in [-0.2, 0) is 7.05 Å². The molecule has 0 aromatic carbocycles. The number of anilines is 2. The van der Waals surface area contributed by atoms with E-state index >= 15 is 0 Å². The second-order valence-electron chi connectivity index (χ2n) is 3.92. The molecular weight excluding hydrogens is 268 g/mol. The Hall–Kier alpha value is -2.12. The van der Waals surface area contributed by atoms with E-state index in [1.54, 1.807) is 29.9 Å². The lowest BCUT2D eigenvalue weighted by Crippen LogP contribution is -2.18. The Labute approximate surface area is 114 Å². The average molecular weight is 281 g/mol. The van der Waals surface area contributed by atoms with Crippen molar-refractivity contribution in [3.8, 4) is 0 Å². The molecule has 100 valence electrons. The molecule has 0 atom stereocenters. The molecule has 0 radical (unpaired) electrons. The average Bonchev–Trinajstić information content (AvgIpc) is 2.68. The van der Waals surface area contributed by atoms with Gasteiger partial charge in [-0.2, -0.15) is 5.10 Å². The lowest BCUT2D eigenvalue weighted by Gasteiger charge is -2.07. The van der Waals surface area contributed by atoms with E-state index < -0.39 is 5.91 Å². The van der Waals surface area contributed by atoms with E-state index in [9.17, 15) is 4.79 Å². The number of hydrogen-bond acceptors (Lipinski definition) is 5. The number of nitrogens with zero attached hydrogens (tertiary/aromatic N) is 3. The number of rotatable bonds is 3. The van der Waals surface area contributed by atoms with Crippen LogP contribution in [0, 0.1) is 6.92 Å².